The Morgan fingerprint density at radius 2 is 2.06 bits per heavy atom. The summed E-state index contributed by atoms with van der Waals surface area (Å²) in [5.74, 6) is 2.10. The van der Waals surface area contributed by atoms with Crippen molar-refractivity contribution in [3.05, 3.63) is 11.7 Å². The molecule has 1 aromatic heterocycles. The quantitative estimate of drug-likeness (QED) is 0.855. The van der Waals surface area contributed by atoms with Crippen LogP contribution in [-0.4, -0.2) is 17.2 Å². The van der Waals surface area contributed by atoms with E-state index in [0.29, 0.717) is 23.8 Å². The Hall–Kier alpha value is -0.900. The largest absolute Gasteiger partial charge is 0.338 e. The van der Waals surface area contributed by atoms with Gasteiger partial charge in [-0.3, -0.25) is 0 Å². The van der Waals surface area contributed by atoms with Crippen LogP contribution in [0.5, 0.6) is 0 Å². The van der Waals surface area contributed by atoms with Gasteiger partial charge in [0.25, 0.3) is 0 Å². The molecule has 1 fully saturated rings. The second-order valence-corrected chi connectivity index (χ2v) is 5.52. The van der Waals surface area contributed by atoms with Crippen LogP contribution in [0, 0.1) is 5.41 Å². The van der Waals surface area contributed by atoms with Crippen LogP contribution in [0.3, 0.4) is 0 Å². The van der Waals surface area contributed by atoms with Crippen LogP contribution in [0.2, 0.25) is 0 Å². The van der Waals surface area contributed by atoms with Crippen LogP contribution < -0.4 is 5.32 Å². The van der Waals surface area contributed by atoms with Crippen molar-refractivity contribution in [3.63, 3.8) is 0 Å². The van der Waals surface area contributed by atoms with Crippen molar-refractivity contribution in [1.82, 2.24) is 15.5 Å². The summed E-state index contributed by atoms with van der Waals surface area (Å²) in [6, 6.07) is 0. The molecular formula is C12H21N3O. The summed E-state index contributed by atoms with van der Waals surface area (Å²) in [5.41, 5.74) is 0.494. The van der Waals surface area contributed by atoms with Gasteiger partial charge in [-0.15, -0.1) is 0 Å². The molecule has 0 spiro atoms. The number of hydrogen-bond donors (Lipinski definition) is 1. The molecule has 1 heterocycles. The first kappa shape index (κ1) is 11.6. The molecule has 0 amide bonds. The topological polar surface area (TPSA) is 51.0 Å². The third kappa shape index (κ3) is 2.61. The summed E-state index contributed by atoms with van der Waals surface area (Å²) in [6.45, 7) is 5.34. The zero-order valence-electron chi connectivity index (χ0n) is 10.4. The highest BCUT2D eigenvalue weighted by Gasteiger charge is 2.29. The summed E-state index contributed by atoms with van der Waals surface area (Å²) in [7, 11) is 1.88. The average Bonchev–Trinajstić information content (AvgIpc) is 2.67. The summed E-state index contributed by atoms with van der Waals surface area (Å²) < 4.78 is 5.19. The number of rotatable bonds is 3. The molecule has 0 aliphatic heterocycles. The third-order valence-corrected chi connectivity index (χ3v) is 3.52. The van der Waals surface area contributed by atoms with Crippen LogP contribution >= 0.6 is 0 Å². The van der Waals surface area contributed by atoms with E-state index in [0.717, 1.165) is 5.82 Å². The van der Waals surface area contributed by atoms with Crippen molar-refractivity contribution in [2.24, 2.45) is 5.41 Å². The van der Waals surface area contributed by atoms with E-state index in [9.17, 15) is 0 Å². The van der Waals surface area contributed by atoms with Crippen molar-refractivity contribution in [1.29, 1.82) is 0 Å². The van der Waals surface area contributed by atoms with E-state index in [1.807, 2.05) is 7.05 Å². The predicted octanol–water partition coefficient (Wildman–Crippen LogP) is 2.47. The van der Waals surface area contributed by atoms with E-state index in [1.54, 1.807) is 0 Å². The van der Waals surface area contributed by atoms with E-state index in [1.165, 1.54) is 25.7 Å². The van der Waals surface area contributed by atoms with Gasteiger partial charge in [-0.25, -0.2) is 0 Å². The summed E-state index contributed by atoms with van der Waals surface area (Å²) in [4.78, 5) is 4.43. The molecule has 0 saturated heterocycles. The van der Waals surface area contributed by atoms with Gasteiger partial charge in [0.15, 0.2) is 5.82 Å². The normalized spacial score (nSPS) is 21.2. The Morgan fingerprint density at radius 1 is 1.38 bits per heavy atom. The molecule has 16 heavy (non-hydrogen) atoms. The fraction of sp³-hybridized carbons (Fsp3) is 0.833. The minimum absolute atomic E-state index is 0.494. The maximum absolute atomic E-state index is 5.19. The minimum atomic E-state index is 0.494. The van der Waals surface area contributed by atoms with E-state index in [2.05, 4.69) is 29.3 Å². The monoisotopic (exact) mass is 223 g/mol. The lowest BCUT2D eigenvalue weighted by atomic mass is 9.73. The molecule has 0 unspecified atom stereocenters. The van der Waals surface area contributed by atoms with Gasteiger partial charge < -0.3 is 9.84 Å². The van der Waals surface area contributed by atoms with Gasteiger partial charge in [0.2, 0.25) is 5.89 Å². The molecule has 1 saturated carbocycles. The molecule has 0 atom stereocenters. The fourth-order valence-corrected chi connectivity index (χ4v) is 2.31. The van der Waals surface area contributed by atoms with E-state index >= 15 is 0 Å². The van der Waals surface area contributed by atoms with Crippen molar-refractivity contribution >= 4 is 0 Å². The second-order valence-electron chi connectivity index (χ2n) is 5.52. The Labute approximate surface area is 96.8 Å². The molecule has 1 aliphatic carbocycles. The molecule has 1 N–H and O–H groups in total. The van der Waals surface area contributed by atoms with Crippen LogP contribution in [0.4, 0.5) is 0 Å². The first-order chi connectivity index (χ1) is 7.61. The lowest BCUT2D eigenvalue weighted by Crippen LogP contribution is -2.20. The number of nitrogens with zero attached hydrogens (tertiary/aromatic N) is 2. The molecule has 0 radical (unpaired) electrons. The van der Waals surface area contributed by atoms with Crippen LogP contribution in [0.25, 0.3) is 0 Å². The second kappa shape index (κ2) is 4.53. The van der Waals surface area contributed by atoms with E-state index in [-0.39, 0.29) is 0 Å². The molecule has 1 aromatic rings. The molecule has 2 rings (SSSR count). The summed E-state index contributed by atoms with van der Waals surface area (Å²) in [6.07, 6.45) is 4.89. The molecular weight excluding hydrogens is 202 g/mol. The molecule has 4 nitrogen and oxygen atoms in total. The van der Waals surface area contributed by atoms with Crippen LogP contribution in [0.15, 0.2) is 4.52 Å². The van der Waals surface area contributed by atoms with Gasteiger partial charge in [0.05, 0.1) is 6.54 Å². The standard InChI is InChI=1S/C12H21N3O/c1-12(2)6-4-9(5-7-12)11-14-10(8-13-3)16-15-11/h9,13H,4-8H2,1-3H3. The highest BCUT2D eigenvalue weighted by molar-refractivity contribution is 4.98. The Morgan fingerprint density at radius 3 is 2.69 bits per heavy atom. The van der Waals surface area contributed by atoms with Crippen molar-refractivity contribution in [3.8, 4) is 0 Å². The Kier molecular flexibility index (Phi) is 3.28. The van der Waals surface area contributed by atoms with Gasteiger partial charge in [-0.05, 0) is 38.1 Å². The molecule has 1 aliphatic rings. The molecule has 0 aromatic carbocycles. The minimum Gasteiger partial charge on any atom is -0.338 e. The zero-order valence-corrected chi connectivity index (χ0v) is 10.4. The van der Waals surface area contributed by atoms with Gasteiger partial charge >= 0.3 is 0 Å². The summed E-state index contributed by atoms with van der Waals surface area (Å²) in [5, 5.41) is 7.10. The third-order valence-electron chi connectivity index (χ3n) is 3.52. The van der Waals surface area contributed by atoms with E-state index < -0.39 is 0 Å². The van der Waals surface area contributed by atoms with Crippen molar-refractivity contribution in [2.45, 2.75) is 52.0 Å². The predicted molar refractivity (Wildman–Crippen MR) is 62.1 cm³/mol. The molecule has 0 bridgehead atoms. The fourth-order valence-electron chi connectivity index (χ4n) is 2.31. The molecule has 90 valence electrons. The summed E-state index contributed by atoms with van der Waals surface area (Å²) >= 11 is 0. The highest BCUT2D eigenvalue weighted by atomic mass is 16.5. The Balaban J connectivity index is 1.97. The molecule has 4 heteroatoms. The zero-order chi connectivity index (χ0) is 11.6. The highest BCUT2D eigenvalue weighted by Crippen LogP contribution is 2.41. The lowest BCUT2D eigenvalue weighted by molar-refractivity contribution is 0.218. The van der Waals surface area contributed by atoms with Crippen molar-refractivity contribution in [2.75, 3.05) is 7.05 Å². The smallest absolute Gasteiger partial charge is 0.240 e. The SMILES string of the molecule is CNCc1nc(C2CCC(C)(C)CC2)no1. The van der Waals surface area contributed by atoms with Gasteiger partial charge in [-0.1, -0.05) is 19.0 Å². The number of hydrogen-bond acceptors (Lipinski definition) is 4. The maximum atomic E-state index is 5.19. The van der Waals surface area contributed by atoms with Crippen molar-refractivity contribution < 1.29 is 4.52 Å². The van der Waals surface area contributed by atoms with Gasteiger partial charge in [-0.2, -0.15) is 4.98 Å². The number of aromatic nitrogens is 2. The van der Waals surface area contributed by atoms with Gasteiger partial charge in [0.1, 0.15) is 0 Å². The maximum Gasteiger partial charge on any atom is 0.240 e. The first-order valence-corrected chi connectivity index (χ1v) is 6.08. The van der Waals surface area contributed by atoms with Crippen LogP contribution in [0.1, 0.15) is 57.2 Å². The van der Waals surface area contributed by atoms with Gasteiger partial charge in [0, 0.05) is 5.92 Å². The first-order valence-electron chi connectivity index (χ1n) is 6.08. The van der Waals surface area contributed by atoms with E-state index in [4.69, 9.17) is 4.52 Å². The lowest BCUT2D eigenvalue weighted by Gasteiger charge is -2.32. The number of nitrogens with one attached hydrogen (secondary N) is 1. The average molecular weight is 223 g/mol. The Bertz CT molecular complexity index is 336. The van der Waals surface area contributed by atoms with Crippen LogP contribution in [-0.2, 0) is 6.54 Å².